The van der Waals surface area contributed by atoms with Crippen molar-refractivity contribution >= 4 is 35.1 Å². The molecule has 0 heterocycles. The van der Waals surface area contributed by atoms with Gasteiger partial charge in [-0.3, -0.25) is 0 Å². The average Bonchev–Trinajstić information content (AvgIpc) is 2.63. The molecular weight excluding hydrogens is 383 g/mol. The molecule has 0 aliphatic carbocycles. The van der Waals surface area contributed by atoms with E-state index in [4.69, 9.17) is 0 Å². The van der Waals surface area contributed by atoms with Gasteiger partial charge < -0.3 is 4.10 Å². The smallest absolute Gasteiger partial charge is 0.497 e. The molecule has 2 rings (SSSR count). The zero-order chi connectivity index (χ0) is 19.3. The summed E-state index contributed by atoms with van der Waals surface area (Å²) >= 11 is 0. The van der Waals surface area contributed by atoms with E-state index in [-0.39, 0.29) is 0 Å². The molecular formula is C17H17BF3O3PS. The molecule has 0 amide bonds. The number of hydrogen-bond acceptors (Lipinski definition) is 3. The van der Waals surface area contributed by atoms with Gasteiger partial charge in [0.2, 0.25) is 0 Å². The fraction of sp³-hybridized carbons (Fsp3) is 0.176. The van der Waals surface area contributed by atoms with E-state index in [2.05, 4.69) is 10.7 Å². The van der Waals surface area contributed by atoms with E-state index in [1.165, 1.54) is 0 Å². The molecule has 9 heteroatoms. The summed E-state index contributed by atoms with van der Waals surface area (Å²) in [5, 5.41) is 1.45. The van der Waals surface area contributed by atoms with Crippen LogP contribution >= 0.6 is 7.14 Å². The summed E-state index contributed by atoms with van der Waals surface area (Å²) in [7, 11) is -7.53. The number of benzene rings is 2. The second-order valence-corrected chi connectivity index (χ2v) is 10.4. The van der Waals surface area contributed by atoms with Crippen LogP contribution in [0.4, 0.5) is 13.2 Å². The molecule has 2 radical (unpaired) electrons. The van der Waals surface area contributed by atoms with Crippen LogP contribution in [0.2, 0.25) is 0 Å². The molecule has 26 heavy (non-hydrogen) atoms. The van der Waals surface area contributed by atoms with Crippen molar-refractivity contribution in [2.45, 2.75) is 11.9 Å². The quantitative estimate of drug-likeness (QED) is 0.294. The van der Waals surface area contributed by atoms with E-state index in [1.54, 1.807) is 66.7 Å². The SMILES string of the molecule is C=CCC[P+]([B-]OS(=O)(=O)C(F)(F)F)(c1ccccc1)c1ccccc1. The molecule has 0 unspecified atom stereocenters. The van der Waals surface area contributed by atoms with Gasteiger partial charge in [0.05, 0.1) is 10.6 Å². The van der Waals surface area contributed by atoms with Crippen molar-refractivity contribution in [2.75, 3.05) is 6.16 Å². The minimum absolute atomic E-state index is 0.401. The predicted molar refractivity (Wildman–Crippen MR) is 101 cm³/mol. The van der Waals surface area contributed by atoms with Crippen molar-refractivity contribution in [1.29, 1.82) is 0 Å². The van der Waals surface area contributed by atoms with E-state index in [0.29, 0.717) is 12.6 Å². The van der Waals surface area contributed by atoms with Crippen LogP contribution in [0.15, 0.2) is 73.3 Å². The van der Waals surface area contributed by atoms with Gasteiger partial charge in [-0.15, -0.1) is 13.7 Å². The number of hydrogen-bond donors (Lipinski definition) is 0. The second-order valence-electron chi connectivity index (χ2n) is 5.44. The Balaban J connectivity index is 2.54. The minimum Gasteiger partial charge on any atom is -0.497 e. The first-order chi connectivity index (χ1) is 12.2. The maximum absolute atomic E-state index is 12.7. The number of alkyl halides is 3. The summed E-state index contributed by atoms with van der Waals surface area (Å²) < 4.78 is 65.5. The van der Waals surface area contributed by atoms with Crippen molar-refractivity contribution in [3.05, 3.63) is 73.3 Å². The van der Waals surface area contributed by atoms with Gasteiger partial charge in [0, 0.05) is 6.16 Å². The average molecular weight is 400 g/mol. The first kappa shape index (κ1) is 20.7. The van der Waals surface area contributed by atoms with Gasteiger partial charge in [0.15, 0.2) is 0 Å². The largest absolute Gasteiger partial charge is 0.518 e. The van der Waals surface area contributed by atoms with Gasteiger partial charge in [-0.25, -0.2) is 0 Å². The van der Waals surface area contributed by atoms with Gasteiger partial charge >= 0.3 is 15.6 Å². The second kappa shape index (κ2) is 8.38. The lowest BCUT2D eigenvalue weighted by atomic mass is 10.4. The topological polar surface area (TPSA) is 43.4 Å². The molecule has 0 bridgehead atoms. The summed E-state index contributed by atoms with van der Waals surface area (Å²) in [6, 6.07) is 17.7. The highest BCUT2D eigenvalue weighted by Gasteiger charge is 2.46. The summed E-state index contributed by atoms with van der Waals surface area (Å²) in [6.45, 7) is 3.66. The Morgan fingerprint density at radius 1 is 1.00 bits per heavy atom. The van der Waals surface area contributed by atoms with Crippen LogP contribution in [0.25, 0.3) is 0 Å². The Morgan fingerprint density at radius 3 is 1.85 bits per heavy atom. The first-order valence-electron chi connectivity index (χ1n) is 7.67. The van der Waals surface area contributed by atoms with E-state index < -0.39 is 22.8 Å². The Morgan fingerprint density at radius 2 is 1.46 bits per heavy atom. The van der Waals surface area contributed by atoms with Crippen LogP contribution in [0.5, 0.6) is 0 Å². The molecule has 0 saturated heterocycles. The Bertz CT molecular complexity index is 788. The molecule has 2 aromatic rings. The van der Waals surface area contributed by atoms with E-state index >= 15 is 0 Å². The molecule has 2 aromatic carbocycles. The highest BCUT2D eigenvalue weighted by atomic mass is 32.2. The third kappa shape index (κ3) is 4.55. The van der Waals surface area contributed by atoms with Crippen molar-refractivity contribution < 1.29 is 25.7 Å². The van der Waals surface area contributed by atoms with Crippen LogP contribution in [0, 0.1) is 0 Å². The number of rotatable bonds is 8. The predicted octanol–water partition coefficient (Wildman–Crippen LogP) is 3.63. The Labute approximate surface area is 152 Å². The number of allylic oxidation sites excluding steroid dienone is 1. The van der Waals surface area contributed by atoms with Gasteiger partial charge in [0.25, 0.3) is 0 Å². The normalized spacial score (nSPS) is 12.7. The van der Waals surface area contributed by atoms with Gasteiger partial charge in [-0.2, -0.15) is 21.6 Å². The zero-order valence-electron chi connectivity index (χ0n) is 13.8. The molecule has 0 saturated carbocycles. The minimum atomic E-state index is -5.73. The van der Waals surface area contributed by atoms with Crippen molar-refractivity contribution in [3.63, 3.8) is 0 Å². The van der Waals surface area contributed by atoms with Gasteiger partial charge in [-0.05, 0) is 30.7 Å². The summed E-state index contributed by atoms with van der Waals surface area (Å²) in [5.74, 6) is 0. The third-order valence-corrected chi connectivity index (χ3v) is 8.68. The van der Waals surface area contributed by atoms with Gasteiger partial charge in [0.1, 0.15) is 7.20 Å². The molecule has 0 fully saturated rings. The Hall–Kier alpha value is -1.63. The molecule has 0 spiro atoms. The van der Waals surface area contributed by atoms with Crippen molar-refractivity contribution in [3.8, 4) is 0 Å². The summed E-state index contributed by atoms with van der Waals surface area (Å²) in [5.41, 5.74) is -5.48. The molecule has 0 N–H and O–H groups in total. The van der Waals surface area contributed by atoms with Gasteiger partial charge in [-0.1, -0.05) is 42.5 Å². The lowest BCUT2D eigenvalue weighted by Gasteiger charge is -2.37. The van der Waals surface area contributed by atoms with Crippen molar-refractivity contribution in [1.82, 2.24) is 0 Å². The summed E-state index contributed by atoms with van der Waals surface area (Å²) in [4.78, 5) is 0. The maximum atomic E-state index is 12.7. The third-order valence-electron chi connectivity index (χ3n) is 3.75. The lowest BCUT2D eigenvalue weighted by Crippen LogP contribution is -2.34. The first-order valence-corrected chi connectivity index (χ1v) is 11.1. The van der Waals surface area contributed by atoms with E-state index in [1.807, 2.05) is 0 Å². The zero-order valence-corrected chi connectivity index (χ0v) is 15.5. The molecule has 0 aliphatic rings. The fourth-order valence-corrected chi connectivity index (χ4v) is 6.76. The van der Waals surface area contributed by atoms with Crippen LogP contribution in [-0.2, 0) is 14.2 Å². The fourth-order valence-electron chi connectivity index (χ4n) is 2.45. The number of halogens is 3. The highest BCUT2D eigenvalue weighted by molar-refractivity contribution is 8.11. The maximum Gasteiger partial charge on any atom is 0.518 e. The highest BCUT2D eigenvalue weighted by Crippen LogP contribution is 2.55. The Kier molecular flexibility index (Phi) is 6.66. The molecule has 0 aliphatic heterocycles. The van der Waals surface area contributed by atoms with Crippen LogP contribution in [0.3, 0.4) is 0 Å². The lowest BCUT2D eigenvalue weighted by molar-refractivity contribution is -0.0498. The van der Waals surface area contributed by atoms with Crippen molar-refractivity contribution in [2.24, 2.45) is 0 Å². The monoisotopic (exact) mass is 400 g/mol. The van der Waals surface area contributed by atoms with Crippen LogP contribution in [-0.4, -0.2) is 27.3 Å². The van der Waals surface area contributed by atoms with E-state index in [0.717, 1.165) is 17.8 Å². The van der Waals surface area contributed by atoms with Crippen LogP contribution in [0.1, 0.15) is 6.42 Å². The molecule has 0 atom stereocenters. The molecule has 0 aromatic heterocycles. The molecule has 3 nitrogen and oxygen atoms in total. The molecule has 138 valence electrons. The van der Waals surface area contributed by atoms with E-state index in [9.17, 15) is 21.6 Å². The standard InChI is InChI=1S/C17H17BF3O3PS/c1-2-3-14-25(15-10-6-4-7-11-15,16-12-8-5-9-13-16)18-24-26(22,23)17(19,20)21/h2,4-13H,1,3,14H2. The summed E-state index contributed by atoms with van der Waals surface area (Å²) in [6.07, 6.45) is 2.54. The van der Waals surface area contributed by atoms with Crippen LogP contribution < -0.4 is 10.6 Å².